The number of hydrogen-bond acceptors (Lipinski definition) is 6. The van der Waals surface area contributed by atoms with E-state index in [0.717, 1.165) is 25.3 Å². The van der Waals surface area contributed by atoms with Crippen LogP contribution in [0.15, 0.2) is 5.16 Å². The summed E-state index contributed by atoms with van der Waals surface area (Å²) in [5.41, 5.74) is 0. The summed E-state index contributed by atoms with van der Waals surface area (Å²) in [6.07, 6.45) is 2.39. The molecule has 0 spiro atoms. The first kappa shape index (κ1) is 14.6. The molecule has 1 aliphatic carbocycles. The molecule has 116 valence electrons. The molecule has 3 rings (SSSR count). The zero-order chi connectivity index (χ0) is 15.0. The highest BCUT2D eigenvalue weighted by Gasteiger charge is 2.34. The quantitative estimate of drug-likeness (QED) is 0.823. The van der Waals surface area contributed by atoms with Crippen LogP contribution in [0, 0.1) is 0 Å². The summed E-state index contributed by atoms with van der Waals surface area (Å²) in [4.78, 5) is 13.0. The Hall–Kier alpha value is -1.28. The van der Waals surface area contributed by atoms with Crippen LogP contribution in [0.25, 0.3) is 0 Å². The largest absolute Gasteiger partial charge is 0.481 e. The Balaban J connectivity index is 1.85. The van der Waals surface area contributed by atoms with E-state index in [0.29, 0.717) is 17.8 Å². The predicted molar refractivity (Wildman–Crippen MR) is 78.9 cm³/mol. The molecule has 2 aliphatic rings. The third-order valence-electron chi connectivity index (χ3n) is 3.75. The number of anilines is 1. The fourth-order valence-corrected chi connectivity index (χ4v) is 3.24. The van der Waals surface area contributed by atoms with E-state index in [1.165, 1.54) is 11.8 Å². The van der Waals surface area contributed by atoms with Gasteiger partial charge in [0.1, 0.15) is 0 Å². The molecule has 7 nitrogen and oxygen atoms in total. The van der Waals surface area contributed by atoms with E-state index in [4.69, 9.17) is 9.84 Å². The molecule has 0 aromatic carbocycles. The SMILES string of the molecule is CC1CN(c2nnc(SCC(=O)O)n2C2CC2)C(C)CO1. The zero-order valence-electron chi connectivity index (χ0n) is 12.2. The molecule has 0 amide bonds. The van der Waals surface area contributed by atoms with Gasteiger partial charge in [-0.2, -0.15) is 0 Å². The van der Waals surface area contributed by atoms with Crippen molar-refractivity contribution in [3.05, 3.63) is 0 Å². The van der Waals surface area contributed by atoms with Crippen molar-refractivity contribution in [2.45, 2.75) is 50.0 Å². The van der Waals surface area contributed by atoms with Gasteiger partial charge in [-0.15, -0.1) is 10.2 Å². The van der Waals surface area contributed by atoms with Crippen LogP contribution in [-0.2, 0) is 9.53 Å². The van der Waals surface area contributed by atoms with Gasteiger partial charge in [-0.25, -0.2) is 0 Å². The number of carboxylic acid groups (broad SMARTS) is 1. The van der Waals surface area contributed by atoms with Crippen molar-refractivity contribution < 1.29 is 14.6 Å². The first-order chi connectivity index (χ1) is 10.1. The number of rotatable bonds is 5. The lowest BCUT2D eigenvalue weighted by molar-refractivity contribution is -0.133. The number of carbonyl (C=O) groups is 1. The average Bonchev–Trinajstić information content (AvgIpc) is 3.19. The van der Waals surface area contributed by atoms with Gasteiger partial charge < -0.3 is 14.7 Å². The van der Waals surface area contributed by atoms with Crippen LogP contribution < -0.4 is 4.90 Å². The third kappa shape index (κ3) is 3.16. The summed E-state index contributed by atoms with van der Waals surface area (Å²) in [7, 11) is 0. The normalized spacial score (nSPS) is 26.1. The number of hydrogen-bond donors (Lipinski definition) is 1. The van der Waals surface area contributed by atoms with E-state index in [2.05, 4.69) is 33.5 Å². The molecule has 0 radical (unpaired) electrons. The van der Waals surface area contributed by atoms with Crippen LogP contribution in [-0.4, -0.2) is 56.9 Å². The highest BCUT2D eigenvalue weighted by atomic mass is 32.2. The van der Waals surface area contributed by atoms with Crippen LogP contribution >= 0.6 is 11.8 Å². The minimum absolute atomic E-state index is 0.0138. The Labute approximate surface area is 127 Å². The van der Waals surface area contributed by atoms with Gasteiger partial charge in [0.15, 0.2) is 5.16 Å². The number of carboxylic acids is 1. The number of aliphatic carboxylic acids is 1. The second-order valence-corrected chi connectivity index (χ2v) is 6.65. The van der Waals surface area contributed by atoms with Crippen molar-refractivity contribution in [1.82, 2.24) is 14.8 Å². The summed E-state index contributed by atoms with van der Waals surface area (Å²) < 4.78 is 7.77. The molecule has 1 saturated carbocycles. The van der Waals surface area contributed by atoms with Crippen molar-refractivity contribution in [3.8, 4) is 0 Å². The molecule has 1 aromatic heterocycles. The van der Waals surface area contributed by atoms with Gasteiger partial charge in [0.2, 0.25) is 5.95 Å². The Bertz CT molecular complexity index is 531. The molecule has 2 fully saturated rings. The highest BCUT2D eigenvalue weighted by molar-refractivity contribution is 7.99. The molecule has 1 N–H and O–H groups in total. The van der Waals surface area contributed by atoms with Gasteiger partial charge in [0, 0.05) is 12.6 Å². The molecule has 2 unspecified atom stereocenters. The molecule has 2 atom stereocenters. The molecule has 1 saturated heterocycles. The number of ether oxygens (including phenoxy) is 1. The van der Waals surface area contributed by atoms with Crippen LogP contribution in [0.5, 0.6) is 0 Å². The third-order valence-corrected chi connectivity index (χ3v) is 4.68. The molecular formula is C13H20N4O3S. The van der Waals surface area contributed by atoms with Gasteiger partial charge >= 0.3 is 5.97 Å². The van der Waals surface area contributed by atoms with Crippen molar-refractivity contribution in [3.63, 3.8) is 0 Å². The highest BCUT2D eigenvalue weighted by Crippen LogP contribution is 2.41. The second-order valence-electron chi connectivity index (χ2n) is 5.71. The van der Waals surface area contributed by atoms with Gasteiger partial charge in [-0.3, -0.25) is 9.36 Å². The van der Waals surface area contributed by atoms with E-state index in [9.17, 15) is 4.79 Å². The number of nitrogens with zero attached hydrogens (tertiary/aromatic N) is 4. The topological polar surface area (TPSA) is 80.5 Å². The Morgan fingerprint density at radius 2 is 2.19 bits per heavy atom. The summed E-state index contributed by atoms with van der Waals surface area (Å²) in [5.74, 6) is 0.0354. The lowest BCUT2D eigenvalue weighted by Crippen LogP contribution is -2.48. The van der Waals surface area contributed by atoms with Crippen molar-refractivity contribution in [1.29, 1.82) is 0 Å². The molecule has 8 heteroatoms. The van der Waals surface area contributed by atoms with Crippen LogP contribution in [0.2, 0.25) is 0 Å². The van der Waals surface area contributed by atoms with Crippen molar-refractivity contribution >= 4 is 23.7 Å². The summed E-state index contributed by atoms with van der Waals surface area (Å²) >= 11 is 1.24. The summed E-state index contributed by atoms with van der Waals surface area (Å²) in [5, 5.41) is 18.1. The maximum Gasteiger partial charge on any atom is 0.313 e. The summed E-state index contributed by atoms with van der Waals surface area (Å²) in [6, 6.07) is 0.664. The van der Waals surface area contributed by atoms with Crippen LogP contribution in [0.1, 0.15) is 32.7 Å². The average molecular weight is 312 g/mol. The zero-order valence-corrected chi connectivity index (χ0v) is 13.0. The van der Waals surface area contributed by atoms with Crippen molar-refractivity contribution in [2.75, 3.05) is 23.8 Å². The maximum absolute atomic E-state index is 10.8. The van der Waals surface area contributed by atoms with Crippen LogP contribution in [0.3, 0.4) is 0 Å². The second kappa shape index (κ2) is 5.84. The Morgan fingerprint density at radius 3 is 2.86 bits per heavy atom. The number of aromatic nitrogens is 3. The van der Waals surface area contributed by atoms with Gasteiger partial charge in [-0.05, 0) is 26.7 Å². The Kier molecular flexibility index (Phi) is 4.08. The number of morpholine rings is 1. The molecule has 0 bridgehead atoms. The fraction of sp³-hybridized carbons (Fsp3) is 0.769. The van der Waals surface area contributed by atoms with Gasteiger partial charge in [-0.1, -0.05) is 11.8 Å². The lowest BCUT2D eigenvalue weighted by atomic mass is 10.2. The van der Waals surface area contributed by atoms with E-state index >= 15 is 0 Å². The first-order valence-corrected chi connectivity index (χ1v) is 8.22. The first-order valence-electron chi connectivity index (χ1n) is 7.24. The predicted octanol–water partition coefficient (Wildman–Crippen LogP) is 1.40. The van der Waals surface area contributed by atoms with E-state index in [-0.39, 0.29) is 17.9 Å². The smallest absolute Gasteiger partial charge is 0.313 e. The maximum atomic E-state index is 10.8. The molecule has 21 heavy (non-hydrogen) atoms. The molecular weight excluding hydrogens is 292 g/mol. The van der Waals surface area contributed by atoms with Crippen molar-refractivity contribution in [2.24, 2.45) is 0 Å². The minimum Gasteiger partial charge on any atom is -0.481 e. The van der Waals surface area contributed by atoms with E-state index < -0.39 is 5.97 Å². The van der Waals surface area contributed by atoms with Gasteiger partial charge in [0.05, 0.1) is 24.5 Å². The lowest BCUT2D eigenvalue weighted by Gasteiger charge is -2.37. The molecule has 1 aromatic rings. The van der Waals surface area contributed by atoms with E-state index in [1.54, 1.807) is 0 Å². The molecule has 2 heterocycles. The van der Waals surface area contributed by atoms with Crippen LogP contribution in [0.4, 0.5) is 5.95 Å². The standard InChI is InChI=1S/C13H20N4O3S/c1-8-6-20-9(2)5-16(8)12-14-15-13(21-7-11(18)19)17(12)10-3-4-10/h8-10H,3-7H2,1-2H3,(H,18,19). The fourth-order valence-electron chi connectivity index (χ4n) is 2.52. The summed E-state index contributed by atoms with van der Waals surface area (Å²) in [6.45, 7) is 5.63. The monoisotopic (exact) mass is 312 g/mol. The Morgan fingerprint density at radius 1 is 1.43 bits per heavy atom. The van der Waals surface area contributed by atoms with E-state index in [1.807, 2.05) is 0 Å². The molecule has 1 aliphatic heterocycles. The minimum atomic E-state index is -0.833. The van der Waals surface area contributed by atoms with Gasteiger partial charge in [0.25, 0.3) is 0 Å². The number of thioether (sulfide) groups is 1.